The molecule has 0 aliphatic heterocycles. The first-order valence-electron chi connectivity index (χ1n) is 4.75. The number of anilines is 1. The average Bonchev–Trinajstić information content (AvgIpc) is 2.66. The third-order valence-corrected chi connectivity index (χ3v) is 3.65. The van der Waals surface area contributed by atoms with E-state index in [0.717, 1.165) is 20.0 Å². The third-order valence-electron chi connectivity index (χ3n) is 2.05. The van der Waals surface area contributed by atoms with E-state index in [0.29, 0.717) is 6.54 Å². The van der Waals surface area contributed by atoms with Crippen LogP contribution >= 0.6 is 27.3 Å². The molecule has 1 aromatic carbocycles. The molecule has 2 rings (SSSR count). The lowest BCUT2D eigenvalue weighted by Gasteiger charge is -2.06. The van der Waals surface area contributed by atoms with Gasteiger partial charge in [0.05, 0.1) is 17.2 Å². The van der Waals surface area contributed by atoms with Crippen molar-refractivity contribution in [3.63, 3.8) is 0 Å². The molecular weight excluding hydrogens is 291 g/mol. The normalized spacial score (nSPS) is 10.4. The van der Waals surface area contributed by atoms with Gasteiger partial charge in [0.25, 0.3) is 0 Å². The highest BCUT2D eigenvalue weighted by Crippen LogP contribution is 2.24. The molecule has 16 heavy (non-hydrogen) atoms. The zero-order valence-electron chi connectivity index (χ0n) is 8.63. The molecule has 0 bridgehead atoms. The van der Waals surface area contributed by atoms with E-state index < -0.39 is 0 Å². The van der Waals surface area contributed by atoms with E-state index >= 15 is 0 Å². The van der Waals surface area contributed by atoms with Crippen LogP contribution in [0.3, 0.4) is 0 Å². The topological polar surface area (TPSA) is 24.9 Å². The largest absolute Gasteiger partial charge is 0.379 e. The molecule has 1 heterocycles. The van der Waals surface area contributed by atoms with E-state index in [4.69, 9.17) is 0 Å². The van der Waals surface area contributed by atoms with E-state index in [-0.39, 0.29) is 5.82 Å². The highest BCUT2D eigenvalue weighted by atomic mass is 79.9. The van der Waals surface area contributed by atoms with Gasteiger partial charge in [0.15, 0.2) is 0 Å². The Morgan fingerprint density at radius 1 is 1.50 bits per heavy atom. The van der Waals surface area contributed by atoms with Crippen LogP contribution in [0.25, 0.3) is 0 Å². The fourth-order valence-electron chi connectivity index (χ4n) is 1.30. The van der Waals surface area contributed by atoms with Crippen molar-refractivity contribution in [3.05, 3.63) is 44.6 Å². The molecule has 0 saturated carbocycles. The number of hydrogen-bond donors (Lipinski definition) is 1. The van der Waals surface area contributed by atoms with Gasteiger partial charge >= 0.3 is 0 Å². The van der Waals surface area contributed by atoms with Crippen LogP contribution in [0.15, 0.2) is 28.9 Å². The van der Waals surface area contributed by atoms with Crippen molar-refractivity contribution in [1.29, 1.82) is 0 Å². The summed E-state index contributed by atoms with van der Waals surface area (Å²) in [7, 11) is 0. The monoisotopic (exact) mass is 300 g/mol. The molecule has 0 amide bonds. The average molecular weight is 301 g/mol. The second kappa shape index (κ2) is 4.93. The fourth-order valence-corrected chi connectivity index (χ4v) is 2.42. The number of nitrogens with zero attached hydrogens (tertiary/aromatic N) is 1. The van der Waals surface area contributed by atoms with Gasteiger partial charge in [0, 0.05) is 15.5 Å². The highest BCUT2D eigenvalue weighted by molar-refractivity contribution is 9.10. The van der Waals surface area contributed by atoms with Crippen LogP contribution in [0.4, 0.5) is 10.1 Å². The number of rotatable bonds is 3. The summed E-state index contributed by atoms with van der Waals surface area (Å²) in [4.78, 5) is 5.29. The number of nitrogens with one attached hydrogen (secondary N) is 1. The maximum atomic E-state index is 13.0. The van der Waals surface area contributed by atoms with E-state index in [1.54, 1.807) is 17.4 Å². The first-order valence-corrected chi connectivity index (χ1v) is 6.36. The van der Waals surface area contributed by atoms with Crippen LogP contribution in [0, 0.1) is 12.7 Å². The Bertz CT molecular complexity index is 498. The predicted octanol–water partition coefficient (Wildman–Crippen LogP) is 3.97. The summed E-state index contributed by atoms with van der Waals surface area (Å²) in [5.74, 6) is -0.244. The molecule has 2 aromatic rings. The Morgan fingerprint density at radius 3 is 3.00 bits per heavy atom. The minimum Gasteiger partial charge on any atom is -0.379 e. The SMILES string of the molecule is Cc1ncc(CNc2cc(F)ccc2Br)s1. The summed E-state index contributed by atoms with van der Waals surface area (Å²) in [6.45, 7) is 2.62. The van der Waals surface area contributed by atoms with Crippen LogP contribution in [0.2, 0.25) is 0 Å². The number of benzene rings is 1. The number of aryl methyl sites for hydroxylation is 1. The van der Waals surface area contributed by atoms with Gasteiger partial charge in [-0.1, -0.05) is 0 Å². The van der Waals surface area contributed by atoms with Gasteiger partial charge < -0.3 is 5.32 Å². The molecule has 0 saturated heterocycles. The highest BCUT2D eigenvalue weighted by Gasteiger charge is 2.02. The summed E-state index contributed by atoms with van der Waals surface area (Å²) >= 11 is 5.00. The van der Waals surface area contributed by atoms with E-state index in [2.05, 4.69) is 26.2 Å². The van der Waals surface area contributed by atoms with Crippen LogP contribution in [-0.4, -0.2) is 4.98 Å². The van der Waals surface area contributed by atoms with E-state index in [1.807, 2.05) is 13.1 Å². The minimum absolute atomic E-state index is 0.244. The molecule has 0 radical (unpaired) electrons. The molecule has 0 aliphatic rings. The summed E-state index contributed by atoms with van der Waals surface area (Å²) in [6.07, 6.45) is 1.83. The van der Waals surface area contributed by atoms with Gasteiger partial charge in [-0.05, 0) is 41.1 Å². The Balaban J connectivity index is 2.07. The van der Waals surface area contributed by atoms with E-state index in [9.17, 15) is 4.39 Å². The Labute approximate surface area is 106 Å². The Hall–Kier alpha value is -0.940. The van der Waals surface area contributed by atoms with Crippen molar-refractivity contribution in [2.24, 2.45) is 0 Å². The molecule has 0 fully saturated rings. The quantitative estimate of drug-likeness (QED) is 0.928. The standard InChI is InChI=1S/C11H10BrFN2S/c1-7-14-5-9(16-7)6-15-11-4-8(13)2-3-10(11)12/h2-5,15H,6H2,1H3. The number of halogens is 2. The van der Waals surface area contributed by atoms with Crippen LogP contribution in [-0.2, 0) is 6.54 Å². The molecule has 5 heteroatoms. The lowest BCUT2D eigenvalue weighted by atomic mass is 10.3. The summed E-state index contributed by atoms with van der Waals surface area (Å²) in [6, 6.07) is 4.58. The molecule has 0 unspecified atom stereocenters. The van der Waals surface area contributed by atoms with Crippen molar-refractivity contribution in [3.8, 4) is 0 Å². The van der Waals surface area contributed by atoms with Crippen molar-refractivity contribution in [2.75, 3.05) is 5.32 Å². The first-order chi connectivity index (χ1) is 7.65. The maximum Gasteiger partial charge on any atom is 0.125 e. The summed E-state index contributed by atoms with van der Waals surface area (Å²) in [5, 5.41) is 4.20. The number of hydrogen-bond acceptors (Lipinski definition) is 3. The van der Waals surface area contributed by atoms with E-state index in [1.165, 1.54) is 12.1 Å². The Morgan fingerprint density at radius 2 is 2.31 bits per heavy atom. The number of thiazole rings is 1. The van der Waals surface area contributed by atoms with Gasteiger partial charge in [-0.2, -0.15) is 0 Å². The maximum absolute atomic E-state index is 13.0. The molecule has 1 aromatic heterocycles. The summed E-state index contributed by atoms with van der Waals surface area (Å²) in [5.41, 5.74) is 0.756. The lowest BCUT2D eigenvalue weighted by molar-refractivity contribution is 0.628. The fraction of sp³-hybridized carbons (Fsp3) is 0.182. The predicted molar refractivity (Wildman–Crippen MR) is 68.3 cm³/mol. The van der Waals surface area contributed by atoms with Crippen LogP contribution in [0.1, 0.15) is 9.88 Å². The Kier molecular flexibility index (Phi) is 3.56. The second-order valence-electron chi connectivity index (χ2n) is 3.32. The van der Waals surface area contributed by atoms with Gasteiger partial charge in [0.2, 0.25) is 0 Å². The van der Waals surface area contributed by atoms with Crippen molar-refractivity contribution >= 4 is 33.0 Å². The third kappa shape index (κ3) is 2.80. The van der Waals surface area contributed by atoms with Crippen LogP contribution in [0.5, 0.6) is 0 Å². The zero-order chi connectivity index (χ0) is 11.5. The first kappa shape index (κ1) is 11.5. The summed E-state index contributed by atoms with van der Waals surface area (Å²) < 4.78 is 13.9. The molecular formula is C11H10BrFN2S. The molecule has 0 spiro atoms. The smallest absolute Gasteiger partial charge is 0.125 e. The number of aromatic nitrogens is 1. The van der Waals surface area contributed by atoms with Gasteiger partial charge in [-0.25, -0.2) is 9.37 Å². The zero-order valence-corrected chi connectivity index (χ0v) is 11.0. The van der Waals surface area contributed by atoms with Crippen molar-refractivity contribution in [1.82, 2.24) is 4.98 Å². The molecule has 0 atom stereocenters. The molecule has 1 N–H and O–H groups in total. The van der Waals surface area contributed by atoms with Gasteiger partial charge in [-0.3, -0.25) is 0 Å². The molecule has 0 aliphatic carbocycles. The van der Waals surface area contributed by atoms with Gasteiger partial charge in [-0.15, -0.1) is 11.3 Å². The minimum atomic E-state index is -0.244. The molecule has 84 valence electrons. The van der Waals surface area contributed by atoms with Crippen LogP contribution < -0.4 is 5.32 Å². The van der Waals surface area contributed by atoms with Crippen molar-refractivity contribution in [2.45, 2.75) is 13.5 Å². The lowest BCUT2D eigenvalue weighted by Crippen LogP contribution is -1.98. The molecule has 2 nitrogen and oxygen atoms in total. The van der Waals surface area contributed by atoms with Crippen molar-refractivity contribution < 1.29 is 4.39 Å². The second-order valence-corrected chi connectivity index (χ2v) is 5.50. The van der Waals surface area contributed by atoms with Gasteiger partial charge in [0.1, 0.15) is 5.82 Å².